The second-order valence-electron chi connectivity index (χ2n) is 6.45. The highest BCUT2D eigenvalue weighted by Crippen LogP contribution is 2.27. The predicted molar refractivity (Wildman–Crippen MR) is 69.6 cm³/mol. The second-order valence-corrected chi connectivity index (χ2v) is 6.45. The lowest BCUT2D eigenvalue weighted by Gasteiger charge is -2.46. The molecule has 0 aromatic rings. The lowest BCUT2D eigenvalue weighted by Crippen LogP contribution is -2.58. The second kappa shape index (κ2) is 5.05. The van der Waals surface area contributed by atoms with Gasteiger partial charge in [-0.2, -0.15) is 0 Å². The van der Waals surface area contributed by atoms with Crippen LogP contribution in [0, 0.1) is 11.8 Å². The minimum absolute atomic E-state index is 0.789. The van der Waals surface area contributed by atoms with Crippen LogP contribution in [-0.2, 0) is 0 Å². The Morgan fingerprint density at radius 1 is 1.12 bits per heavy atom. The fourth-order valence-electron chi connectivity index (χ4n) is 3.42. The van der Waals surface area contributed by atoms with Crippen molar-refractivity contribution in [2.75, 3.05) is 26.2 Å². The lowest BCUT2D eigenvalue weighted by atomic mass is 9.96. The summed E-state index contributed by atoms with van der Waals surface area (Å²) in [4.78, 5) is 5.50. The summed E-state index contributed by atoms with van der Waals surface area (Å²) in [5, 5.41) is 0. The highest BCUT2D eigenvalue weighted by Gasteiger charge is 2.37. The Morgan fingerprint density at radius 2 is 1.88 bits per heavy atom. The van der Waals surface area contributed by atoms with Crippen LogP contribution in [0.15, 0.2) is 0 Å². The molecule has 0 bridgehead atoms. The number of rotatable bonds is 3. The van der Waals surface area contributed by atoms with E-state index in [0.29, 0.717) is 0 Å². The van der Waals surface area contributed by atoms with E-state index in [2.05, 4.69) is 37.5 Å². The smallest absolute Gasteiger partial charge is 0.0247 e. The Hall–Kier alpha value is -0.0800. The average Bonchev–Trinajstić information content (AvgIpc) is 2.62. The van der Waals surface area contributed by atoms with Gasteiger partial charge in [-0.3, -0.25) is 9.80 Å². The van der Waals surface area contributed by atoms with Crippen molar-refractivity contribution >= 4 is 0 Å². The van der Waals surface area contributed by atoms with E-state index >= 15 is 0 Å². The topological polar surface area (TPSA) is 6.48 Å². The van der Waals surface area contributed by atoms with Crippen LogP contribution >= 0.6 is 0 Å². The van der Waals surface area contributed by atoms with Crippen LogP contribution < -0.4 is 0 Å². The molecule has 94 valence electrons. The maximum absolute atomic E-state index is 2.77. The summed E-state index contributed by atoms with van der Waals surface area (Å²) in [6.45, 7) is 14.7. The van der Waals surface area contributed by atoms with Crippen LogP contribution in [0.1, 0.15) is 40.5 Å². The Bertz CT molecular complexity index is 225. The minimum Gasteiger partial charge on any atom is -0.298 e. The summed E-state index contributed by atoms with van der Waals surface area (Å²) in [7, 11) is 0. The van der Waals surface area contributed by atoms with E-state index in [4.69, 9.17) is 0 Å². The molecule has 2 nitrogen and oxygen atoms in total. The fourth-order valence-corrected chi connectivity index (χ4v) is 3.42. The van der Waals surface area contributed by atoms with Gasteiger partial charge in [0.05, 0.1) is 0 Å². The van der Waals surface area contributed by atoms with Gasteiger partial charge < -0.3 is 0 Å². The quantitative estimate of drug-likeness (QED) is 0.726. The van der Waals surface area contributed by atoms with E-state index in [0.717, 1.165) is 23.9 Å². The summed E-state index contributed by atoms with van der Waals surface area (Å²) in [5.41, 5.74) is 0. The largest absolute Gasteiger partial charge is 0.298 e. The predicted octanol–water partition coefficient (Wildman–Crippen LogP) is 2.45. The first-order chi connectivity index (χ1) is 7.58. The first-order valence-corrected chi connectivity index (χ1v) is 7.06. The molecule has 0 saturated carbocycles. The molecule has 2 fully saturated rings. The van der Waals surface area contributed by atoms with Crippen molar-refractivity contribution in [3.63, 3.8) is 0 Å². The normalized spacial score (nSPS) is 32.6. The van der Waals surface area contributed by atoms with Gasteiger partial charge in [0.25, 0.3) is 0 Å². The van der Waals surface area contributed by atoms with E-state index in [1.807, 2.05) is 0 Å². The van der Waals surface area contributed by atoms with Gasteiger partial charge in [-0.25, -0.2) is 0 Å². The highest BCUT2D eigenvalue weighted by atomic mass is 15.3. The van der Waals surface area contributed by atoms with E-state index in [9.17, 15) is 0 Å². The van der Waals surface area contributed by atoms with Crippen LogP contribution in [0.5, 0.6) is 0 Å². The fraction of sp³-hybridized carbons (Fsp3) is 1.00. The monoisotopic (exact) mass is 224 g/mol. The van der Waals surface area contributed by atoms with E-state index in [-0.39, 0.29) is 0 Å². The van der Waals surface area contributed by atoms with Gasteiger partial charge in [-0.1, -0.05) is 27.7 Å². The Balaban J connectivity index is 2.02. The van der Waals surface area contributed by atoms with Gasteiger partial charge >= 0.3 is 0 Å². The molecule has 2 heteroatoms. The van der Waals surface area contributed by atoms with Crippen molar-refractivity contribution in [2.24, 2.45) is 11.8 Å². The number of hydrogen-bond acceptors (Lipinski definition) is 2. The molecular formula is C14H28N2. The average molecular weight is 224 g/mol. The van der Waals surface area contributed by atoms with Crippen LogP contribution in [0.3, 0.4) is 0 Å². The number of fused-ring (bicyclic) bond motifs is 1. The molecule has 0 aromatic heterocycles. The zero-order chi connectivity index (χ0) is 11.7. The van der Waals surface area contributed by atoms with Gasteiger partial charge in [0.2, 0.25) is 0 Å². The zero-order valence-electron chi connectivity index (χ0n) is 11.4. The lowest BCUT2D eigenvalue weighted by molar-refractivity contribution is 0.0222. The molecule has 0 aromatic carbocycles. The SMILES string of the molecule is CC(C)CN1CC2CCCN2CC1C(C)C. The van der Waals surface area contributed by atoms with Gasteiger partial charge in [-0.05, 0) is 31.2 Å². The molecule has 2 saturated heterocycles. The maximum atomic E-state index is 2.77. The van der Waals surface area contributed by atoms with Gasteiger partial charge in [0.1, 0.15) is 0 Å². The molecule has 2 atom stereocenters. The molecule has 2 aliphatic heterocycles. The molecule has 2 aliphatic rings. The standard InChI is InChI=1S/C14H28N2/c1-11(2)8-16-9-13-6-5-7-15(13)10-14(16)12(3)4/h11-14H,5-10H2,1-4H3. The van der Waals surface area contributed by atoms with Gasteiger partial charge in [-0.15, -0.1) is 0 Å². The summed E-state index contributed by atoms with van der Waals surface area (Å²) in [6, 6.07) is 1.66. The summed E-state index contributed by atoms with van der Waals surface area (Å²) >= 11 is 0. The van der Waals surface area contributed by atoms with Gasteiger partial charge in [0.15, 0.2) is 0 Å². The molecule has 0 spiro atoms. The molecule has 0 amide bonds. The molecule has 0 aliphatic carbocycles. The van der Waals surface area contributed by atoms with E-state index < -0.39 is 0 Å². The maximum Gasteiger partial charge on any atom is 0.0247 e. The van der Waals surface area contributed by atoms with Gasteiger partial charge in [0, 0.05) is 31.7 Å². The Labute approximate surface area is 101 Å². The van der Waals surface area contributed by atoms with Crippen LogP contribution in [0.4, 0.5) is 0 Å². The van der Waals surface area contributed by atoms with Crippen molar-refractivity contribution in [1.82, 2.24) is 9.80 Å². The number of nitrogens with zero attached hydrogens (tertiary/aromatic N) is 2. The first-order valence-electron chi connectivity index (χ1n) is 7.06. The molecule has 0 radical (unpaired) electrons. The van der Waals surface area contributed by atoms with Crippen molar-refractivity contribution in [2.45, 2.75) is 52.6 Å². The molecular weight excluding hydrogens is 196 g/mol. The van der Waals surface area contributed by atoms with Crippen LogP contribution in [0.25, 0.3) is 0 Å². The zero-order valence-corrected chi connectivity index (χ0v) is 11.4. The Kier molecular flexibility index (Phi) is 3.91. The van der Waals surface area contributed by atoms with Crippen molar-refractivity contribution < 1.29 is 0 Å². The van der Waals surface area contributed by atoms with E-state index in [1.54, 1.807) is 0 Å². The third kappa shape index (κ3) is 2.60. The summed E-state index contributed by atoms with van der Waals surface area (Å²) < 4.78 is 0. The number of hydrogen-bond donors (Lipinski definition) is 0. The third-order valence-corrected chi connectivity index (χ3v) is 4.20. The Morgan fingerprint density at radius 3 is 2.50 bits per heavy atom. The van der Waals surface area contributed by atoms with Crippen LogP contribution in [-0.4, -0.2) is 48.1 Å². The molecule has 0 N–H and O–H groups in total. The number of piperazine rings is 1. The van der Waals surface area contributed by atoms with Crippen molar-refractivity contribution in [3.05, 3.63) is 0 Å². The molecule has 2 heterocycles. The van der Waals surface area contributed by atoms with Crippen molar-refractivity contribution in [1.29, 1.82) is 0 Å². The van der Waals surface area contributed by atoms with Crippen LogP contribution in [0.2, 0.25) is 0 Å². The molecule has 16 heavy (non-hydrogen) atoms. The third-order valence-electron chi connectivity index (χ3n) is 4.20. The molecule has 2 rings (SSSR count). The highest BCUT2D eigenvalue weighted by molar-refractivity contribution is 4.93. The first kappa shape index (κ1) is 12.4. The van der Waals surface area contributed by atoms with E-state index in [1.165, 1.54) is 39.0 Å². The van der Waals surface area contributed by atoms with Crippen molar-refractivity contribution in [3.8, 4) is 0 Å². The summed E-state index contributed by atoms with van der Waals surface area (Å²) in [5.74, 6) is 1.59. The minimum atomic E-state index is 0.789. The summed E-state index contributed by atoms with van der Waals surface area (Å²) in [6.07, 6.45) is 2.85. The molecule has 2 unspecified atom stereocenters.